The molecule has 76 valence electrons. The minimum atomic E-state index is -0.318. The molecular formula is C10H15N3O. The predicted molar refractivity (Wildman–Crippen MR) is 53.6 cm³/mol. The van der Waals surface area contributed by atoms with Gasteiger partial charge in [0.05, 0.1) is 0 Å². The zero-order valence-electron chi connectivity index (χ0n) is 8.53. The first kappa shape index (κ1) is 10.6. The minimum absolute atomic E-state index is 0.307. The molecule has 4 heteroatoms. The summed E-state index contributed by atoms with van der Waals surface area (Å²) in [5.74, 6) is 0.787. The van der Waals surface area contributed by atoms with E-state index in [1.54, 1.807) is 12.4 Å². The molecule has 1 aromatic rings. The largest absolute Gasteiger partial charge is 0.370 e. The summed E-state index contributed by atoms with van der Waals surface area (Å²) in [5, 5.41) is 0. The van der Waals surface area contributed by atoms with Crippen LogP contribution in [0.1, 0.15) is 37.6 Å². The van der Waals surface area contributed by atoms with E-state index in [-0.39, 0.29) is 5.91 Å². The van der Waals surface area contributed by atoms with Crippen LogP contribution in [0.3, 0.4) is 0 Å². The molecule has 0 unspecified atom stereocenters. The van der Waals surface area contributed by atoms with Gasteiger partial charge in [0.15, 0.2) is 0 Å². The molecule has 0 aliphatic carbocycles. The number of rotatable bonds is 4. The number of primary amides is 1. The van der Waals surface area contributed by atoms with Gasteiger partial charge in [-0.2, -0.15) is 0 Å². The Balaban J connectivity index is 2.59. The van der Waals surface area contributed by atoms with Gasteiger partial charge in [0.1, 0.15) is 5.82 Å². The van der Waals surface area contributed by atoms with E-state index in [2.05, 4.69) is 23.8 Å². The Hall–Kier alpha value is -1.45. The van der Waals surface area contributed by atoms with Crippen molar-refractivity contribution in [3.63, 3.8) is 0 Å². The molecule has 0 aliphatic heterocycles. The quantitative estimate of drug-likeness (QED) is 0.776. The van der Waals surface area contributed by atoms with Gasteiger partial charge in [-0.25, -0.2) is 9.97 Å². The lowest BCUT2D eigenvalue weighted by molar-refractivity contribution is -0.118. The third kappa shape index (κ3) is 3.12. The Morgan fingerprint density at radius 2 is 2.00 bits per heavy atom. The molecule has 4 nitrogen and oxygen atoms in total. The van der Waals surface area contributed by atoms with E-state index in [0.29, 0.717) is 24.6 Å². The first-order chi connectivity index (χ1) is 6.59. The minimum Gasteiger partial charge on any atom is -0.370 e. The predicted octanol–water partition coefficient (Wildman–Crippen LogP) is 1.02. The van der Waals surface area contributed by atoms with Crippen LogP contribution in [0.25, 0.3) is 0 Å². The molecule has 0 atom stereocenters. The molecule has 0 bridgehead atoms. The van der Waals surface area contributed by atoms with Crippen LogP contribution < -0.4 is 5.73 Å². The molecule has 0 spiro atoms. The first-order valence-corrected chi connectivity index (χ1v) is 4.68. The number of nitrogens with zero attached hydrogens (tertiary/aromatic N) is 2. The number of hydrogen-bond acceptors (Lipinski definition) is 3. The summed E-state index contributed by atoms with van der Waals surface area (Å²) >= 11 is 0. The molecule has 14 heavy (non-hydrogen) atoms. The lowest BCUT2D eigenvalue weighted by Gasteiger charge is -2.04. The average molecular weight is 193 g/mol. The zero-order valence-corrected chi connectivity index (χ0v) is 8.53. The van der Waals surface area contributed by atoms with Crippen LogP contribution in [-0.4, -0.2) is 15.9 Å². The Kier molecular flexibility index (Phi) is 3.56. The van der Waals surface area contributed by atoms with Crippen molar-refractivity contribution >= 4 is 5.91 Å². The van der Waals surface area contributed by atoms with Gasteiger partial charge in [-0.05, 0) is 11.5 Å². The molecule has 0 fully saturated rings. The summed E-state index contributed by atoms with van der Waals surface area (Å²) in [5.41, 5.74) is 6.13. The number of hydrogen-bond donors (Lipinski definition) is 1. The molecule has 1 rings (SSSR count). The van der Waals surface area contributed by atoms with E-state index < -0.39 is 0 Å². The van der Waals surface area contributed by atoms with Crippen LogP contribution in [0.2, 0.25) is 0 Å². The summed E-state index contributed by atoms with van der Waals surface area (Å²) < 4.78 is 0. The van der Waals surface area contributed by atoms with Gasteiger partial charge in [0.2, 0.25) is 5.91 Å². The number of amides is 1. The first-order valence-electron chi connectivity index (χ1n) is 4.68. The highest BCUT2D eigenvalue weighted by atomic mass is 16.1. The molecule has 0 aromatic carbocycles. The van der Waals surface area contributed by atoms with E-state index in [1.165, 1.54) is 0 Å². The second-order valence-corrected chi connectivity index (χ2v) is 3.55. The van der Waals surface area contributed by atoms with Crippen LogP contribution in [0.15, 0.2) is 12.4 Å². The van der Waals surface area contributed by atoms with Gasteiger partial charge >= 0.3 is 0 Å². The fraction of sp³-hybridized carbons (Fsp3) is 0.500. The van der Waals surface area contributed by atoms with Crippen LogP contribution in [-0.2, 0) is 11.2 Å². The molecule has 0 radical (unpaired) electrons. The lowest BCUT2D eigenvalue weighted by Crippen LogP contribution is -2.12. The Bertz CT molecular complexity index is 306. The van der Waals surface area contributed by atoms with E-state index in [0.717, 1.165) is 5.56 Å². The van der Waals surface area contributed by atoms with Gasteiger partial charge < -0.3 is 5.73 Å². The van der Waals surface area contributed by atoms with E-state index in [4.69, 9.17) is 5.73 Å². The van der Waals surface area contributed by atoms with Gasteiger partial charge in [-0.3, -0.25) is 4.79 Å². The number of aromatic nitrogens is 2. The van der Waals surface area contributed by atoms with Crippen LogP contribution in [0, 0.1) is 0 Å². The molecule has 0 aliphatic rings. The van der Waals surface area contributed by atoms with Crippen LogP contribution in [0.5, 0.6) is 0 Å². The van der Waals surface area contributed by atoms with E-state index in [1.807, 2.05) is 0 Å². The standard InChI is InChI=1S/C10H15N3O/c1-7(2)8-5-12-10(13-6-8)4-3-9(11)14/h5-7H,3-4H2,1-2H3,(H2,11,14). The van der Waals surface area contributed by atoms with Gasteiger partial charge in [-0.1, -0.05) is 13.8 Å². The third-order valence-electron chi connectivity index (χ3n) is 1.99. The molecule has 1 heterocycles. The number of nitrogens with two attached hydrogens (primary N) is 1. The Morgan fingerprint density at radius 3 is 2.43 bits per heavy atom. The molecule has 0 saturated carbocycles. The summed E-state index contributed by atoms with van der Waals surface area (Å²) in [7, 11) is 0. The summed E-state index contributed by atoms with van der Waals surface area (Å²) in [4.78, 5) is 18.8. The van der Waals surface area contributed by atoms with Gasteiger partial charge in [0, 0.05) is 25.2 Å². The second kappa shape index (κ2) is 4.69. The molecule has 1 aromatic heterocycles. The Morgan fingerprint density at radius 1 is 1.43 bits per heavy atom. The van der Waals surface area contributed by atoms with Crippen molar-refractivity contribution < 1.29 is 4.79 Å². The second-order valence-electron chi connectivity index (χ2n) is 3.55. The monoisotopic (exact) mass is 193 g/mol. The molecule has 0 saturated heterocycles. The maximum atomic E-state index is 10.5. The molecular weight excluding hydrogens is 178 g/mol. The topological polar surface area (TPSA) is 68.9 Å². The normalized spacial score (nSPS) is 10.5. The summed E-state index contributed by atoms with van der Waals surface area (Å²) in [6.07, 6.45) is 4.43. The maximum Gasteiger partial charge on any atom is 0.217 e. The van der Waals surface area contributed by atoms with Crippen LogP contribution in [0.4, 0.5) is 0 Å². The van der Waals surface area contributed by atoms with Crippen molar-refractivity contribution in [3.8, 4) is 0 Å². The highest BCUT2D eigenvalue weighted by molar-refractivity contribution is 5.73. The fourth-order valence-electron chi connectivity index (χ4n) is 1.03. The van der Waals surface area contributed by atoms with Crippen LogP contribution >= 0.6 is 0 Å². The summed E-state index contributed by atoms with van der Waals surface area (Å²) in [6, 6.07) is 0. The Labute approximate surface area is 83.6 Å². The van der Waals surface area contributed by atoms with Crippen molar-refractivity contribution in [2.45, 2.75) is 32.6 Å². The lowest BCUT2D eigenvalue weighted by atomic mass is 10.1. The zero-order chi connectivity index (χ0) is 10.6. The number of aryl methyl sites for hydroxylation is 1. The average Bonchev–Trinajstić information content (AvgIpc) is 2.15. The maximum absolute atomic E-state index is 10.5. The van der Waals surface area contributed by atoms with Gasteiger partial charge in [0.25, 0.3) is 0 Å². The number of carbonyl (C=O) groups is 1. The van der Waals surface area contributed by atoms with E-state index >= 15 is 0 Å². The van der Waals surface area contributed by atoms with Crippen molar-refractivity contribution in [2.24, 2.45) is 5.73 Å². The summed E-state index contributed by atoms with van der Waals surface area (Å²) in [6.45, 7) is 4.17. The molecule has 2 N–H and O–H groups in total. The smallest absolute Gasteiger partial charge is 0.217 e. The molecule has 1 amide bonds. The van der Waals surface area contributed by atoms with Crippen molar-refractivity contribution in [3.05, 3.63) is 23.8 Å². The number of carbonyl (C=O) groups excluding carboxylic acids is 1. The van der Waals surface area contributed by atoms with E-state index in [9.17, 15) is 4.79 Å². The highest BCUT2D eigenvalue weighted by Gasteiger charge is 2.02. The van der Waals surface area contributed by atoms with Crippen molar-refractivity contribution in [2.75, 3.05) is 0 Å². The van der Waals surface area contributed by atoms with Crippen molar-refractivity contribution in [1.29, 1.82) is 0 Å². The third-order valence-corrected chi connectivity index (χ3v) is 1.99. The highest BCUT2D eigenvalue weighted by Crippen LogP contribution is 2.11. The SMILES string of the molecule is CC(C)c1cnc(CCC(N)=O)nc1. The fourth-order valence-corrected chi connectivity index (χ4v) is 1.03. The van der Waals surface area contributed by atoms with Gasteiger partial charge in [-0.15, -0.1) is 0 Å². The van der Waals surface area contributed by atoms with Crippen molar-refractivity contribution in [1.82, 2.24) is 9.97 Å².